The van der Waals surface area contributed by atoms with Crippen LogP contribution >= 0.6 is 0 Å². The Morgan fingerprint density at radius 2 is 1.95 bits per heavy atom. The predicted octanol–water partition coefficient (Wildman–Crippen LogP) is 0.528. The highest BCUT2D eigenvalue weighted by Gasteiger charge is 2.08. The van der Waals surface area contributed by atoms with Crippen LogP contribution in [0.2, 0.25) is 0 Å². The summed E-state index contributed by atoms with van der Waals surface area (Å²) < 4.78 is 1.35. The molecule has 3 rings (SSSR count). The first kappa shape index (κ1) is 11.3. The Morgan fingerprint density at radius 1 is 1.16 bits per heavy atom. The lowest BCUT2D eigenvalue weighted by Gasteiger charge is -2.07. The normalized spacial score (nSPS) is 10.7. The minimum absolute atomic E-state index is 0.303. The predicted molar refractivity (Wildman–Crippen MR) is 70.0 cm³/mol. The molecule has 6 heteroatoms. The molecular formula is C13H10N4O2. The molecule has 1 aromatic carbocycles. The lowest BCUT2D eigenvalue weighted by Crippen LogP contribution is -2.37. The molecule has 0 fully saturated rings. The molecule has 6 nitrogen and oxygen atoms in total. The Balaban J connectivity index is 2.25. The Hall–Kier alpha value is -2.76. The summed E-state index contributed by atoms with van der Waals surface area (Å²) in [5, 5.41) is 0. The molecule has 0 saturated carbocycles. The standard InChI is InChI=1S/C13H10N4O2/c18-12-13(19)17(7-9-4-2-1-3-5-9)11-10(16-12)6-14-8-15-11/h1-6,8H,7H2,(H,16,18). The maximum Gasteiger partial charge on any atom is 0.318 e. The second kappa shape index (κ2) is 4.49. The molecule has 19 heavy (non-hydrogen) atoms. The smallest absolute Gasteiger partial charge is 0.313 e. The fraction of sp³-hybridized carbons (Fsp3) is 0.0769. The van der Waals surface area contributed by atoms with Crippen molar-refractivity contribution in [3.63, 3.8) is 0 Å². The summed E-state index contributed by atoms with van der Waals surface area (Å²) in [5.74, 6) is 0. The number of nitrogens with zero attached hydrogens (tertiary/aromatic N) is 3. The van der Waals surface area contributed by atoms with Crippen molar-refractivity contribution in [3.05, 3.63) is 69.1 Å². The summed E-state index contributed by atoms with van der Waals surface area (Å²) in [6.45, 7) is 0.303. The second-order valence-corrected chi connectivity index (χ2v) is 4.09. The van der Waals surface area contributed by atoms with Gasteiger partial charge >= 0.3 is 11.1 Å². The van der Waals surface area contributed by atoms with Crippen molar-refractivity contribution >= 4 is 11.2 Å². The van der Waals surface area contributed by atoms with E-state index in [0.29, 0.717) is 17.7 Å². The Labute approximate surface area is 107 Å². The minimum atomic E-state index is -0.668. The van der Waals surface area contributed by atoms with E-state index in [1.165, 1.54) is 17.1 Å². The Bertz CT molecular complexity index is 836. The van der Waals surface area contributed by atoms with Crippen molar-refractivity contribution in [3.8, 4) is 0 Å². The largest absolute Gasteiger partial charge is 0.318 e. The van der Waals surface area contributed by atoms with Gasteiger partial charge in [-0.3, -0.25) is 14.2 Å². The van der Waals surface area contributed by atoms with Crippen LogP contribution in [0.15, 0.2) is 52.4 Å². The zero-order chi connectivity index (χ0) is 13.2. The molecule has 0 radical (unpaired) electrons. The van der Waals surface area contributed by atoms with Gasteiger partial charge in [-0.2, -0.15) is 0 Å². The van der Waals surface area contributed by atoms with E-state index in [-0.39, 0.29) is 0 Å². The third-order valence-electron chi connectivity index (χ3n) is 2.82. The van der Waals surface area contributed by atoms with Crippen LogP contribution < -0.4 is 11.1 Å². The average molecular weight is 254 g/mol. The van der Waals surface area contributed by atoms with Crippen LogP contribution in [-0.2, 0) is 6.54 Å². The summed E-state index contributed by atoms with van der Waals surface area (Å²) in [6, 6.07) is 9.43. The van der Waals surface area contributed by atoms with Crippen LogP contribution in [0.1, 0.15) is 5.56 Å². The van der Waals surface area contributed by atoms with E-state index in [2.05, 4.69) is 15.0 Å². The molecule has 0 aliphatic carbocycles. The highest BCUT2D eigenvalue weighted by molar-refractivity contribution is 5.68. The molecule has 0 amide bonds. The second-order valence-electron chi connectivity index (χ2n) is 4.09. The molecular weight excluding hydrogens is 244 g/mol. The van der Waals surface area contributed by atoms with Crippen LogP contribution in [0.3, 0.4) is 0 Å². The number of rotatable bonds is 2. The first-order valence-electron chi connectivity index (χ1n) is 5.72. The maximum absolute atomic E-state index is 11.9. The van der Waals surface area contributed by atoms with Gasteiger partial charge in [0, 0.05) is 0 Å². The molecule has 0 atom stereocenters. The van der Waals surface area contributed by atoms with Crippen LogP contribution in [0.4, 0.5) is 0 Å². The summed E-state index contributed by atoms with van der Waals surface area (Å²) in [4.78, 5) is 33.9. The molecule has 1 N–H and O–H groups in total. The Morgan fingerprint density at radius 3 is 2.74 bits per heavy atom. The van der Waals surface area contributed by atoms with E-state index < -0.39 is 11.1 Å². The van der Waals surface area contributed by atoms with E-state index in [0.717, 1.165) is 5.56 Å². The molecule has 2 heterocycles. The topological polar surface area (TPSA) is 80.6 Å². The SMILES string of the molecule is O=c1[nH]c2cncnc2n(Cc2ccccc2)c1=O. The monoisotopic (exact) mass is 254 g/mol. The van der Waals surface area contributed by atoms with Crippen molar-refractivity contribution < 1.29 is 0 Å². The molecule has 0 saturated heterocycles. The molecule has 0 spiro atoms. The van der Waals surface area contributed by atoms with E-state index >= 15 is 0 Å². The van der Waals surface area contributed by atoms with E-state index in [1.54, 1.807) is 0 Å². The third kappa shape index (κ3) is 2.03. The molecule has 0 aliphatic heterocycles. The summed E-state index contributed by atoms with van der Waals surface area (Å²) in [5.41, 5.74) is 0.509. The molecule has 0 aliphatic rings. The number of nitrogens with one attached hydrogen (secondary N) is 1. The molecule has 94 valence electrons. The summed E-state index contributed by atoms with van der Waals surface area (Å²) >= 11 is 0. The summed E-state index contributed by atoms with van der Waals surface area (Å²) in [7, 11) is 0. The minimum Gasteiger partial charge on any atom is -0.313 e. The third-order valence-corrected chi connectivity index (χ3v) is 2.82. The Kier molecular flexibility index (Phi) is 2.68. The van der Waals surface area contributed by atoms with Gasteiger partial charge in [-0.15, -0.1) is 0 Å². The molecule has 0 bridgehead atoms. The van der Waals surface area contributed by atoms with Crippen molar-refractivity contribution in [1.29, 1.82) is 0 Å². The lowest BCUT2D eigenvalue weighted by molar-refractivity contribution is 0.763. The number of aromatic nitrogens is 4. The molecule has 3 aromatic rings. The number of benzene rings is 1. The van der Waals surface area contributed by atoms with E-state index in [9.17, 15) is 9.59 Å². The van der Waals surface area contributed by atoms with E-state index in [4.69, 9.17) is 0 Å². The number of aromatic amines is 1. The van der Waals surface area contributed by atoms with Gasteiger partial charge in [0.2, 0.25) is 0 Å². The van der Waals surface area contributed by atoms with Gasteiger partial charge in [-0.05, 0) is 5.56 Å². The van der Waals surface area contributed by atoms with Crippen molar-refractivity contribution in [2.45, 2.75) is 6.54 Å². The zero-order valence-corrected chi connectivity index (χ0v) is 9.91. The van der Waals surface area contributed by atoms with Gasteiger partial charge in [0.1, 0.15) is 11.8 Å². The van der Waals surface area contributed by atoms with Crippen LogP contribution in [0, 0.1) is 0 Å². The number of hydrogen-bond acceptors (Lipinski definition) is 4. The van der Waals surface area contributed by atoms with Crippen molar-refractivity contribution in [2.75, 3.05) is 0 Å². The number of H-pyrrole nitrogens is 1. The average Bonchev–Trinajstić information content (AvgIpc) is 2.45. The lowest BCUT2D eigenvalue weighted by atomic mass is 10.2. The van der Waals surface area contributed by atoms with Gasteiger partial charge in [0.25, 0.3) is 0 Å². The highest BCUT2D eigenvalue weighted by Crippen LogP contribution is 2.05. The van der Waals surface area contributed by atoms with Gasteiger partial charge in [0.05, 0.1) is 12.7 Å². The maximum atomic E-state index is 11.9. The number of fused-ring (bicyclic) bond motifs is 1. The van der Waals surface area contributed by atoms with Crippen molar-refractivity contribution in [1.82, 2.24) is 19.5 Å². The van der Waals surface area contributed by atoms with Crippen LogP contribution in [-0.4, -0.2) is 19.5 Å². The van der Waals surface area contributed by atoms with Gasteiger partial charge in [-0.1, -0.05) is 30.3 Å². The zero-order valence-electron chi connectivity index (χ0n) is 9.91. The van der Waals surface area contributed by atoms with Gasteiger partial charge < -0.3 is 4.98 Å². The number of hydrogen-bond donors (Lipinski definition) is 1. The highest BCUT2D eigenvalue weighted by atomic mass is 16.2. The van der Waals surface area contributed by atoms with Gasteiger partial charge in [0.15, 0.2) is 5.65 Å². The fourth-order valence-corrected chi connectivity index (χ4v) is 1.93. The summed E-state index contributed by atoms with van der Waals surface area (Å²) in [6.07, 6.45) is 2.83. The first-order chi connectivity index (χ1) is 9.25. The van der Waals surface area contributed by atoms with Crippen LogP contribution in [0.5, 0.6) is 0 Å². The van der Waals surface area contributed by atoms with Crippen molar-refractivity contribution in [2.24, 2.45) is 0 Å². The first-order valence-corrected chi connectivity index (χ1v) is 5.72. The van der Waals surface area contributed by atoms with Crippen LogP contribution in [0.25, 0.3) is 11.2 Å². The quantitative estimate of drug-likeness (QED) is 0.676. The fourth-order valence-electron chi connectivity index (χ4n) is 1.93. The molecule has 0 unspecified atom stereocenters. The van der Waals surface area contributed by atoms with Gasteiger partial charge in [-0.25, -0.2) is 9.97 Å². The van der Waals surface area contributed by atoms with E-state index in [1.807, 2.05) is 30.3 Å². The molecule has 2 aromatic heterocycles.